The molecule has 0 spiro atoms. The fourth-order valence-electron chi connectivity index (χ4n) is 1.67. The van der Waals surface area contributed by atoms with E-state index in [4.69, 9.17) is 10.5 Å². The molecule has 1 aromatic heterocycles. The molecule has 0 aliphatic carbocycles. The second kappa shape index (κ2) is 5.52. The van der Waals surface area contributed by atoms with Gasteiger partial charge in [0.1, 0.15) is 17.7 Å². The van der Waals surface area contributed by atoms with E-state index in [0.717, 1.165) is 16.9 Å². The van der Waals surface area contributed by atoms with Gasteiger partial charge in [0.05, 0.1) is 5.69 Å². The summed E-state index contributed by atoms with van der Waals surface area (Å²) in [7, 11) is 1.87. The maximum absolute atomic E-state index is 8.65. The third-order valence-corrected chi connectivity index (χ3v) is 2.60. The molecular formula is C14H11N5. The SMILES string of the molecule is Cn1nccc1-c1cccc(NC=C(C#N)C#N)c1. The highest BCUT2D eigenvalue weighted by Crippen LogP contribution is 2.21. The molecular weight excluding hydrogens is 238 g/mol. The molecule has 2 rings (SSSR count). The topological polar surface area (TPSA) is 77.4 Å². The highest BCUT2D eigenvalue weighted by atomic mass is 15.3. The number of anilines is 1. The number of nitrogens with zero attached hydrogens (tertiary/aromatic N) is 4. The summed E-state index contributed by atoms with van der Waals surface area (Å²) in [5.41, 5.74) is 2.84. The Morgan fingerprint density at radius 1 is 1.32 bits per heavy atom. The van der Waals surface area contributed by atoms with E-state index in [2.05, 4.69) is 10.4 Å². The van der Waals surface area contributed by atoms with E-state index in [1.807, 2.05) is 37.4 Å². The van der Waals surface area contributed by atoms with Gasteiger partial charge in [-0.2, -0.15) is 15.6 Å². The third kappa shape index (κ3) is 2.80. The first-order valence-corrected chi connectivity index (χ1v) is 5.60. The van der Waals surface area contributed by atoms with Crippen LogP contribution in [0.3, 0.4) is 0 Å². The van der Waals surface area contributed by atoms with Gasteiger partial charge in [0.25, 0.3) is 0 Å². The van der Waals surface area contributed by atoms with Crippen LogP contribution in [0.15, 0.2) is 48.3 Å². The van der Waals surface area contributed by atoms with Gasteiger partial charge < -0.3 is 5.32 Å². The van der Waals surface area contributed by atoms with Crippen molar-refractivity contribution >= 4 is 5.69 Å². The van der Waals surface area contributed by atoms with Crippen LogP contribution in [0.5, 0.6) is 0 Å². The van der Waals surface area contributed by atoms with Crippen LogP contribution >= 0.6 is 0 Å². The molecule has 1 aromatic carbocycles. The van der Waals surface area contributed by atoms with E-state index < -0.39 is 0 Å². The Morgan fingerprint density at radius 2 is 2.11 bits per heavy atom. The smallest absolute Gasteiger partial charge is 0.145 e. The summed E-state index contributed by atoms with van der Waals surface area (Å²) in [6.07, 6.45) is 3.13. The predicted octanol–water partition coefficient (Wildman–Crippen LogP) is 2.43. The summed E-state index contributed by atoms with van der Waals surface area (Å²) in [5.74, 6) is 0. The monoisotopic (exact) mass is 249 g/mol. The van der Waals surface area contributed by atoms with Crippen LogP contribution in [0, 0.1) is 22.7 Å². The number of hydrogen-bond acceptors (Lipinski definition) is 4. The number of aryl methyl sites for hydroxylation is 1. The van der Waals surface area contributed by atoms with E-state index in [9.17, 15) is 0 Å². The Bertz CT molecular complexity index is 681. The summed E-state index contributed by atoms with van der Waals surface area (Å²) in [4.78, 5) is 0. The molecule has 0 fully saturated rings. The summed E-state index contributed by atoms with van der Waals surface area (Å²) in [6, 6.07) is 13.2. The van der Waals surface area contributed by atoms with Gasteiger partial charge in [0.15, 0.2) is 0 Å². The van der Waals surface area contributed by atoms with Crippen molar-refractivity contribution in [3.8, 4) is 23.4 Å². The largest absolute Gasteiger partial charge is 0.360 e. The van der Waals surface area contributed by atoms with Crippen LogP contribution in [0.25, 0.3) is 11.3 Å². The molecule has 0 amide bonds. The van der Waals surface area contributed by atoms with Gasteiger partial charge in [-0.1, -0.05) is 12.1 Å². The maximum atomic E-state index is 8.65. The molecule has 0 saturated heterocycles. The van der Waals surface area contributed by atoms with Crippen molar-refractivity contribution in [3.05, 3.63) is 48.3 Å². The molecule has 0 unspecified atom stereocenters. The molecule has 92 valence electrons. The molecule has 1 heterocycles. The second-order valence-corrected chi connectivity index (χ2v) is 3.85. The molecule has 5 nitrogen and oxygen atoms in total. The molecule has 0 aliphatic rings. The van der Waals surface area contributed by atoms with Crippen LogP contribution in [-0.2, 0) is 7.05 Å². The lowest BCUT2D eigenvalue weighted by atomic mass is 10.1. The first kappa shape index (κ1) is 12.4. The average Bonchev–Trinajstić information content (AvgIpc) is 2.86. The molecule has 2 aromatic rings. The normalized spacial score (nSPS) is 9.21. The van der Waals surface area contributed by atoms with Crippen molar-refractivity contribution in [1.82, 2.24) is 9.78 Å². The fourth-order valence-corrected chi connectivity index (χ4v) is 1.67. The van der Waals surface area contributed by atoms with Gasteiger partial charge in [0.2, 0.25) is 0 Å². The van der Waals surface area contributed by atoms with Crippen molar-refractivity contribution in [2.45, 2.75) is 0 Å². The van der Waals surface area contributed by atoms with Crippen molar-refractivity contribution in [1.29, 1.82) is 10.5 Å². The minimum Gasteiger partial charge on any atom is -0.360 e. The lowest BCUT2D eigenvalue weighted by Crippen LogP contribution is -1.94. The van der Waals surface area contributed by atoms with Crippen LogP contribution in [0.2, 0.25) is 0 Å². The molecule has 0 radical (unpaired) electrons. The van der Waals surface area contributed by atoms with E-state index in [1.165, 1.54) is 6.20 Å². The number of aromatic nitrogens is 2. The molecule has 19 heavy (non-hydrogen) atoms. The van der Waals surface area contributed by atoms with E-state index in [1.54, 1.807) is 23.0 Å². The van der Waals surface area contributed by atoms with Gasteiger partial charge in [-0.25, -0.2) is 0 Å². The zero-order valence-electron chi connectivity index (χ0n) is 10.3. The number of benzene rings is 1. The standard InChI is InChI=1S/C14H11N5/c1-19-14(5-6-18-19)12-3-2-4-13(7-12)17-10-11(8-15)9-16/h2-7,10,17H,1H3. The average molecular weight is 249 g/mol. The van der Waals surface area contributed by atoms with Gasteiger partial charge in [0, 0.05) is 30.7 Å². The number of hydrogen-bond donors (Lipinski definition) is 1. The van der Waals surface area contributed by atoms with E-state index in [-0.39, 0.29) is 5.57 Å². The first-order valence-electron chi connectivity index (χ1n) is 5.60. The summed E-state index contributed by atoms with van der Waals surface area (Å²) < 4.78 is 1.78. The highest BCUT2D eigenvalue weighted by molar-refractivity contribution is 5.66. The van der Waals surface area contributed by atoms with Crippen molar-refractivity contribution in [2.24, 2.45) is 7.05 Å². The summed E-state index contributed by atoms with van der Waals surface area (Å²) in [5, 5.41) is 24.4. The fraction of sp³-hybridized carbons (Fsp3) is 0.0714. The maximum Gasteiger partial charge on any atom is 0.145 e. The van der Waals surface area contributed by atoms with Gasteiger partial charge in [-0.15, -0.1) is 0 Å². The van der Waals surface area contributed by atoms with Crippen LogP contribution < -0.4 is 5.32 Å². The number of allylic oxidation sites excluding steroid dienone is 1. The summed E-state index contributed by atoms with van der Waals surface area (Å²) >= 11 is 0. The van der Waals surface area contributed by atoms with Crippen LogP contribution in [0.4, 0.5) is 5.69 Å². The van der Waals surface area contributed by atoms with E-state index in [0.29, 0.717) is 0 Å². The van der Waals surface area contributed by atoms with Gasteiger partial charge in [-0.05, 0) is 18.2 Å². The lowest BCUT2D eigenvalue weighted by molar-refractivity contribution is 0.776. The number of rotatable bonds is 3. The van der Waals surface area contributed by atoms with Gasteiger partial charge in [-0.3, -0.25) is 4.68 Å². The Morgan fingerprint density at radius 3 is 2.74 bits per heavy atom. The molecule has 5 heteroatoms. The van der Waals surface area contributed by atoms with E-state index >= 15 is 0 Å². The van der Waals surface area contributed by atoms with Crippen LogP contribution in [0.1, 0.15) is 0 Å². The van der Waals surface area contributed by atoms with Crippen LogP contribution in [-0.4, -0.2) is 9.78 Å². The zero-order chi connectivity index (χ0) is 13.7. The van der Waals surface area contributed by atoms with Crippen molar-refractivity contribution < 1.29 is 0 Å². The number of nitrogens with one attached hydrogen (secondary N) is 1. The van der Waals surface area contributed by atoms with Crippen molar-refractivity contribution in [3.63, 3.8) is 0 Å². The molecule has 0 bridgehead atoms. The minimum atomic E-state index is 0.0333. The second-order valence-electron chi connectivity index (χ2n) is 3.85. The predicted molar refractivity (Wildman–Crippen MR) is 71.6 cm³/mol. The summed E-state index contributed by atoms with van der Waals surface area (Å²) in [6.45, 7) is 0. The Kier molecular flexibility index (Phi) is 3.61. The molecule has 0 saturated carbocycles. The lowest BCUT2D eigenvalue weighted by Gasteiger charge is -2.05. The Balaban J connectivity index is 2.27. The molecule has 1 N–H and O–H groups in total. The van der Waals surface area contributed by atoms with Crippen molar-refractivity contribution in [2.75, 3.05) is 5.32 Å². The third-order valence-electron chi connectivity index (χ3n) is 2.60. The zero-order valence-corrected chi connectivity index (χ0v) is 10.3. The van der Waals surface area contributed by atoms with Gasteiger partial charge >= 0.3 is 0 Å². The minimum absolute atomic E-state index is 0.0333. The molecule has 0 aliphatic heterocycles. The first-order chi connectivity index (χ1) is 9.24. The highest BCUT2D eigenvalue weighted by Gasteiger charge is 2.02. The quantitative estimate of drug-likeness (QED) is 0.847. The molecule has 0 atom stereocenters. The Hall–Kier alpha value is -3.05. The number of nitriles is 2. The Labute approximate surface area is 111 Å².